The predicted molar refractivity (Wildman–Crippen MR) is 87.2 cm³/mol. The molecule has 26 heavy (non-hydrogen) atoms. The van der Waals surface area contributed by atoms with Crippen molar-refractivity contribution in [2.24, 2.45) is 0 Å². The lowest BCUT2D eigenvalue weighted by atomic mass is 10.1. The van der Waals surface area contributed by atoms with Crippen LogP contribution >= 0.6 is 0 Å². The molecule has 3 aromatic rings. The smallest absolute Gasteiger partial charge is 0.339 e. The van der Waals surface area contributed by atoms with Crippen LogP contribution in [-0.4, -0.2) is 29.5 Å². The van der Waals surface area contributed by atoms with E-state index in [1.807, 2.05) is 0 Å². The van der Waals surface area contributed by atoms with Crippen LogP contribution in [-0.2, 0) is 11.3 Å². The molecular formula is C18H13FN2O5. The fraction of sp³-hybridized carbons (Fsp3) is 0.111. The second-order valence-electron chi connectivity index (χ2n) is 5.16. The van der Waals surface area contributed by atoms with Crippen LogP contribution in [0.1, 0.15) is 26.5 Å². The Hall–Kier alpha value is -3.55. The van der Waals surface area contributed by atoms with Crippen molar-refractivity contribution < 1.29 is 28.0 Å². The highest BCUT2D eigenvalue weighted by Crippen LogP contribution is 2.26. The van der Waals surface area contributed by atoms with Crippen molar-refractivity contribution in [3.05, 3.63) is 65.3 Å². The van der Waals surface area contributed by atoms with E-state index < -0.39 is 5.97 Å². The number of aldehydes is 1. The van der Waals surface area contributed by atoms with E-state index in [-0.39, 0.29) is 29.6 Å². The van der Waals surface area contributed by atoms with Crippen molar-refractivity contribution >= 4 is 12.3 Å². The van der Waals surface area contributed by atoms with Crippen molar-refractivity contribution in [3.63, 3.8) is 0 Å². The number of esters is 1. The number of ether oxygens (including phenoxy) is 2. The van der Waals surface area contributed by atoms with E-state index in [1.165, 1.54) is 49.7 Å². The summed E-state index contributed by atoms with van der Waals surface area (Å²) in [4.78, 5) is 26.6. The molecule has 0 unspecified atom stereocenters. The Labute approximate surface area is 147 Å². The molecule has 8 heteroatoms. The molecule has 0 aliphatic rings. The lowest BCUT2D eigenvalue weighted by Gasteiger charge is -2.06. The molecule has 0 aliphatic carbocycles. The fourth-order valence-electron chi connectivity index (χ4n) is 2.24. The minimum atomic E-state index is -0.509. The van der Waals surface area contributed by atoms with Gasteiger partial charge in [-0.25, -0.2) is 14.2 Å². The minimum Gasteiger partial charge on any atom is -0.473 e. The van der Waals surface area contributed by atoms with Gasteiger partial charge in [0.15, 0.2) is 6.29 Å². The van der Waals surface area contributed by atoms with Crippen LogP contribution in [0.15, 0.2) is 47.1 Å². The zero-order chi connectivity index (χ0) is 18.5. The summed E-state index contributed by atoms with van der Waals surface area (Å²) in [5, 5.41) is 3.86. The van der Waals surface area contributed by atoms with Crippen LogP contribution in [0.25, 0.3) is 11.3 Å². The van der Waals surface area contributed by atoms with E-state index in [1.54, 1.807) is 0 Å². The number of halogens is 1. The van der Waals surface area contributed by atoms with Crippen LogP contribution in [0, 0.1) is 5.82 Å². The number of benzene rings is 1. The topological polar surface area (TPSA) is 91.5 Å². The summed E-state index contributed by atoms with van der Waals surface area (Å²) >= 11 is 0. The van der Waals surface area contributed by atoms with Gasteiger partial charge in [-0.3, -0.25) is 4.79 Å². The average molecular weight is 356 g/mol. The number of carbonyl (C=O) groups is 2. The zero-order valence-corrected chi connectivity index (χ0v) is 13.6. The third-order valence-electron chi connectivity index (χ3n) is 3.57. The second-order valence-corrected chi connectivity index (χ2v) is 5.16. The van der Waals surface area contributed by atoms with E-state index in [4.69, 9.17) is 9.26 Å². The van der Waals surface area contributed by atoms with Crippen LogP contribution in [0.3, 0.4) is 0 Å². The van der Waals surface area contributed by atoms with E-state index in [2.05, 4.69) is 14.9 Å². The Morgan fingerprint density at radius 1 is 1.23 bits per heavy atom. The number of nitrogens with zero attached hydrogens (tertiary/aromatic N) is 2. The van der Waals surface area contributed by atoms with Gasteiger partial charge in [0.2, 0.25) is 11.6 Å². The Balaban J connectivity index is 1.81. The standard InChI is InChI=1S/C18H13FN2O5/c1-24-18(23)12-4-7-16(20-8-12)25-10-14-15(9-22)26-21-17(14)11-2-5-13(19)6-3-11/h2-9H,10H2,1H3. The van der Waals surface area contributed by atoms with Gasteiger partial charge >= 0.3 is 5.97 Å². The normalized spacial score (nSPS) is 10.4. The number of rotatable bonds is 6. The third-order valence-corrected chi connectivity index (χ3v) is 3.57. The molecule has 0 atom stereocenters. The molecular weight excluding hydrogens is 343 g/mol. The zero-order valence-electron chi connectivity index (χ0n) is 13.6. The average Bonchev–Trinajstić information content (AvgIpc) is 3.09. The maximum Gasteiger partial charge on any atom is 0.339 e. The summed E-state index contributed by atoms with van der Waals surface area (Å²) in [6.45, 7) is -0.0468. The van der Waals surface area contributed by atoms with Crippen LogP contribution < -0.4 is 4.74 Å². The molecule has 7 nitrogen and oxygen atoms in total. The number of hydrogen-bond acceptors (Lipinski definition) is 7. The van der Waals surface area contributed by atoms with Crippen molar-refractivity contribution in [1.82, 2.24) is 10.1 Å². The Bertz CT molecular complexity index is 920. The van der Waals surface area contributed by atoms with Crippen molar-refractivity contribution in [2.75, 3.05) is 7.11 Å². The fourth-order valence-corrected chi connectivity index (χ4v) is 2.24. The maximum atomic E-state index is 13.1. The predicted octanol–water partition coefficient (Wildman–Crippen LogP) is 3.05. The van der Waals surface area contributed by atoms with Gasteiger partial charge in [0.05, 0.1) is 18.2 Å². The van der Waals surface area contributed by atoms with Crippen molar-refractivity contribution in [3.8, 4) is 17.1 Å². The summed E-state index contributed by atoms with van der Waals surface area (Å²) in [7, 11) is 1.27. The Morgan fingerprint density at radius 3 is 2.62 bits per heavy atom. The summed E-state index contributed by atoms with van der Waals surface area (Å²) in [6, 6.07) is 8.61. The monoisotopic (exact) mass is 356 g/mol. The molecule has 0 amide bonds. The maximum absolute atomic E-state index is 13.1. The first kappa shape index (κ1) is 17.3. The minimum absolute atomic E-state index is 0.00973. The van der Waals surface area contributed by atoms with Gasteiger partial charge in [0.25, 0.3) is 0 Å². The van der Waals surface area contributed by atoms with Crippen LogP contribution in [0.2, 0.25) is 0 Å². The quantitative estimate of drug-likeness (QED) is 0.495. The molecule has 0 N–H and O–H groups in total. The molecule has 0 spiro atoms. The number of methoxy groups -OCH3 is 1. The first-order valence-electron chi connectivity index (χ1n) is 7.49. The van der Waals surface area contributed by atoms with Crippen LogP contribution in [0.5, 0.6) is 5.88 Å². The number of pyridine rings is 1. The molecule has 132 valence electrons. The SMILES string of the molecule is COC(=O)c1ccc(OCc2c(-c3ccc(F)cc3)noc2C=O)nc1. The van der Waals surface area contributed by atoms with E-state index in [0.717, 1.165) is 0 Å². The largest absolute Gasteiger partial charge is 0.473 e. The van der Waals surface area contributed by atoms with Gasteiger partial charge in [-0.05, 0) is 30.3 Å². The molecule has 0 saturated heterocycles. The molecule has 0 saturated carbocycles. The third kappa shape index (κ3) is 3.59. The second kappa shape index (κ2) is 7.56. The number of carbonyl (C=O) groups excluding carboxylic acids is 2. The summed E-state index contributed by atoms with van der Waals surface area (Å²) in [6.07, 6.45) is 1.84. The summed E-state index contributed by atoms with van der Waals surface area (Å²) in [5.74, 6) is -0.651. The van der Waals surface area contributed by atoms with Crippen LogP contribution in [0.4, 0.5) is 4.39 Å². The molecule has 2 aromatic heterocycles. The molecule has 0 radical (unpaired) electrons. The van der Waals surface area contributed by atoms with Gasteiger partial charge in [-0.2, -0.15) is 0 Å². The first-order chi connectivity index (χ1) is 12.6. The van der Waals surface area contributed by atoms with Gasteiger partial charge in [-0.15, -0.1) is 0 Å². The van der Waals surface area contributed by atoms with Gasteiger partial charge in [-0.1, -0.05) is 5.16 Å². The van der Waals surface area contributed by atoms with Gasteiger partial charge in [0, 0.05) is 17.8 Å². The molecule has 0 bridgehead atoms. The van der Waals surface area contributed by atoms with Gasteiger partial charge in [0.1, 0.15) is 18.1 Å². The lowest BCUT2D eigenvalue weighted by molar-refractivity contribution is 0.0600. The number of hydrogen-bond donors (Lipinski definition) is 0. The number of aromatic nitrogens is 2. The molecule has 0 fully saturated rings. The highest BCUT2D eigenvalue weighted by Gasteiger charge is 2.18. The summed E-state index contributed by atoms with van der Waals surface area (Å²) in [5.41, 5.74) is 1.64. The molecule has 0 aliphatic heterocycles. The molecule has 3 rings (SSSR count). The first-order valence-corrected chi connectivity index (χ1v) is 7.49. The highest BCUT2D eigenvalue weighted by molar-refractivity contribution is 5.88. The highest BCUT2D eigenvalue weighted by atomic mass is 19.1. The lowest BCUT2D eigenvalue weighted by Crippen LogP contribution is -2.04. The van der Waals surface area contributed by atoms with Crippen molar-refractivity contribution in [1.29, 1.82) is 0 Å². The van der Waals surface area contributed by atoms with Crippen molar-refractivity contribution in [2.45, 2.75) is 6.61 Å². The van der Waals surface area contributed by atoms with Gasteiger partial charge < -0.3 is 14.0 Å². The molecule has 1 aromatic carbocycles. The Morgan fingerprint density at radius 2 is 2.00 bits per heavy atom. The summed E-state index contributed by atoms with van der Waals surface area (Å²) < 4.78 is 28.2. The Kier molecular flexibility index (Phi) is 5.02. The van der Waals surface area contributed by atoms with E-state index >= 15 is 0 Å². The van der Waals surface area contributed by atoms with E-state index in [0.29, 0.717) is 23.1 Å². The molecule has 2 heterocycles. The van der Waals surface area contributed by atoms with E-state index in [9.17, 15) is 14.0 Å².